The summed E-state index contributed by atoms with van der Waals surface area (Å²) in [6.45, 7) is 1.28. The maximum atomic E-state index is 12.9. The zero-order valence-corrected chi connectivity index (χ0v) is 13.7. The minimum absolute atomic E-state index is 0.0389. The zero-order valence-electron chi connectivity index (χ0n) is 13.7. The number of aliphatic hydroxyl groups is 2. The van der Waals surface area contributed by atoms with Gasteiger partial charge >= 0.3 is 0 Å². The van der Waals surface area contributed by atoms with Crippen LogP contribution in [0.4, 0.5) is 0 Å². The number of amides is 1. The Morgan fingerprint density at radius 1 is 1.24 bits per heavy atom. The van der Waals surface area contributed by atoms with Crippen molar-refractivity contribution in [3.8, 4) is 0 Å². The van der Waals surface area contributed by atoms with E-state index in [-0.39, 0.29) is 19.1 Å². The Hall–Kier alpha value is -2.70. The van der Waals surface area contributed by atoms with Crippen molar-refractivity contribution in [3.05, 3.63) is 65.5 Å². The van der Waals surface area contributed by atoms with E-state index in [2.05, 4.69) is 4.98 Å². The Balaban J connectivity index is 1.62. The van der Waals surface area contributed by atoms with E-state index in [1.54, 1.807) is 23.4 Å². The van der Waals surface area contributed by atoms with Gasteiger partial charge in [0.05, 0.1) is 36.6 Å². The molecule has 0 radical (unpaired) electrons. The van der Waals surface area contributed by atoms with Gasteiger partial charge in [0.2, 0.25) is 0 Å². The smallest absolute Gasteiger partial charge is 0.254 e. The molecule has 1 unspecified atom stereocenters. The molecule has 1 aromatic heterocycles. The Morgan fingerprint density at radius 2 is 2.08 bits per heavy atom. The molecule has 1 atom stereocenters. The van der Waals surface area contributed by atoms with Crippen LogP contribution in [0.5, 0.6) is 0 Å². The van der Waals surface area contributed by atoms with Crippen LogP contribution in [-0.4, -0.2) is 43.7 Å². The van der Waals surface area contributed by atoms with Gasteiger partial charge in [0.1, 0.15) is 0 Å². The summed E-state index contributed by atoms with van der Waals surface area (Å²) in [7, 11) is 0. The van der Waals surface area contributed by atoms with E-state index in [0.29, 0.717) is 18.7 Å². The fourth-order valence-electron chi connectivity index (χ4n) is 3.40. The van der Waals surface area contributed by atoms with Gasteiger partial charge in [-0.25, -0.2) is 4.98 Å². The van der Waals surface area contributed by atoms with Crippen LogP contribution in [-0.2, 0) is 13.1 Å². The summed E-state index contributed by atoms with van der Waals surface area (Å²) in [5.74, 6) is -0.118. The van der Waals surface area contributed by atoms with Crippen LogP contribution < -0.4 is 0 Å². The first-order valence-corrected chi connectivity index (χ1v) is 8.28. The first-order chi connectivity index (χ1) is 12.2. The monoisotopic (exact) mass is 337 g/mol. The molecule has 2 aromatic carbocycles. The first kappa shape index (κ1) is 15.8. The molecule has 3 aromatic rings. The Labute approximate surface area is 145 Å². The molecule has 0 aliphatic carbocycles. The van der Waals surface area contributed by atoms with E-state index in [1.165, 1.54) is 0 Å². The number of carbonyl (C=O) groups is 1. The van der Waals surface area contributed by atoms with Crippen molar-refractivity contribution in [2.45, 2.75) is 19.2 Å². The average molecular weight is 337 g/mol. The molecular weight excluding hydrogens is 318 g/mol. The fourth-order valence-corrected chi connectivity index (χ4v) is 3.40. The number of hydrogen-bond acceptors (Lipinski definition) is 4. The number of fused-ring (bicyclic) bond motifs is 2. The lowest BCUT2D eigenvalue weighted by Crippen LogP contribution is -2.38. The lowest BCUT2D eigenvalue weighted by Gasteiger charge is -2.32. The second-order valence-corrected chi connectivity index (χ2v) is 6.27. The molecule has 2 N–H and O–H groups in total. The minimum Gasteiger partial charge on any atom is -0.395 e. The lowest BCUT2D eigenvalue weighted by atomic mass is 9.97. The van der Waals surface area contributed by atoms with Crippen molar-refractivity contribution in [2.24, 2.45) is 0 Å². The fraction of sp³-hybridized carbons (Fsp3) is 0.263. The molecule has 6 nitrogen and oxygen atoms in total. The number of hydrogen-bond donors (Lipinski definition) is 2. The van der Waals surface area contributed by atoms with Gasteiger partial charge < -0.3 is 19.7 Å². The van der Waals surface area contributed by atoms with Gasteiger partial charge in [0, 0.05) is 18.7 Å². The minimum atomic E-state index is -0.665. The van der Waals surface area contributed by atoms with E-state index in [1.807, 2.05) is 34.9 Å². The summed E-state index contributed by atoms with van der Waals surface area (Å²) >= 11 is 0. The standard InChI is InChI=1S/C19H19N3O3/c23-8-7-21-12-20-16-9-13(5-6-17(16)21)19(25)22-10-14-3-1-2-4-15(14)18(24)11-22/h1-6,9,12,18,23-24H,7-8,10-11H2. The Bertz CT molecular complexity index is 935. The second kappa shape index (κ2) is 6.31. The van der Waals surface area contributed by atoms with Gasteiger partial charge in [-0.15, -0.1) is 0 Å². The quantitative estimate of drug-likeness (QED) is 0.763. The number of carbonyl (C=O) groups excluding carboxylic acids is 1. The number of aromatic nitrogens is 2. The molecule has 25 heavy (non-hydrogen) atoms. The van der Waals surface area contributed by atoms with Crippen molar-refractivity contribution >= 4 is 16.9 Å². The highest BCUT2D eigenvalue weighted by Crippen LogP contribution is 2.27. The van der Waals surface area contributed by atoms with Crippen LogP contribution in [0.25, 0.3) is 11.0 Å². The Morgan fingerprint density at radius 3 is 2.92 bits per heavy atom. The predicted molar refractivity (Wildman–Crippen MR) is 93.0 cm³/mol. The van der Waals surface area contributed by atoms with Gasteiger partial charge in [-0.1, -0.05) is 24.3 Å². The van der Waals surface area contributed by atoms with Gasteiger partial charge in [-0.2, -0.15) is 0 Å². The maximum Gasteiger partial charge on any atom is 0.254 e. The van der Waals surface area contributed by atoms with Gasteiger partial charge in [0.25, 0.3) is 5.91 Å². The van der Waals surface area contributed by atoms with Crippen LogP contribution in [0.1, 0.15) is 27.6 Å². The van der Waals surface area contributed by atoms with E-state index in [9.17, 15) is 9.90 Å². The summed E-state index contributed by atoms with van der Waals surface area (Å²) < 4.78 is 1.85. The zero-order chi connectivity index (χ0) is 17.4. The number of rotatable bonds is 3. The molecule has 0 spiro atoms. The number of nitrogens with zero attached hydrogens (tertiary/aromatic N) is 3. The SMILES string of the molecule is O=C(c1ccc2c(c1)ncn2CCO)N1Cc2ccccc2C(O)C1. The van der Waals surface area contributed by atoms with Crippen LogP contribution in [0.15, 0.2) is 48.8 Å². The molecule has 0 saturated heterocycles. The summed E-state index contributed by atoms with van der Waals surface area (Å²) in [5.41, 5.74) is 4.02. The summed E-state index contributed by atoms with van der Waals surface area (Å²) in [6, 6.07) is 13.0. The predicted octanol–water partition coefficient (Wildman–Crippen LogP) is 1.72. The molecule has 0 fully saturated rings. The highest BCUT2D eigenvalue weighted by atomic mass is 16.3. The Kier molecular flexibility index (Phi) is 3.99. The third-order valence-corrected chi connectivity index (χ3v) is 4.66. The molecule has 1 aliphatic rings. The summed E-state index contributed by atoms with van der Waals surface area (Å²) in [4.78, 5) is 18.8. The van der Waals surface area contributed by atoms with E-state index in [4.69, 9.17) is 5.11 Å². The van der Waals surface area contributed by atoms with Gasteiger partial charge in [-0.05, 0) is 29.3 Å². The first-order valence-electron chi connectivity index (χ1n) is 8.28. The topological polar surface area (TPSA) is 78.6 Å². The largest absolute Gasteiger partial charge is 0.395 e. The number of benzene rings is 2. The van der Waals surface area contributed by atoms with E-state index < -0.39 is 6.10 Å². The van der Waals surface area contributed by atoms with Crippen molar-refractivity contribution in [1.82, 2.24) is 14.5 Å². The molecule has 0 bridgehead atoms. The van der Waals surface area contributed by atoms with E-state index >= 15 is 0 Å². The van der Waals surface area contributed by atoms with Crippen molar-refractivity contribution < 1.29 is 15.0 Å². The lowest BCUT2D eigenvalue weighted by molar-refractivity contribution is 0.0550. The number of β-amino-alcohol motifs (C(OH)–C–C–N with tert-alkyl or cyclic N) is 1. The molecule has 4 rings (SSSR count). The molecule has 128 valence electrons. The molecule has 1 amide bonds. The van der Waals surface area contributed by atoms with Gasteiger partial charge in [-0.3, -0.25) is 4.79 Å². The molecule has 1 aliphatic heterocycles. The van der Waals surface area contributed by atoms with Crippen molar-refractivity contribution in [3.63, 3.8) is 0 Å². The third kappa shape index (κ3) is 2.79. The van der Waals surface area contributed by atoms with Crippen molar-refractivity contribution in [1.29, 1.82) is 0 Å². The molecular formula is C19H19N3O3. The molecule has 2 heterocycles. The maximum absolute atomic E-state index is 12.9. The van der Waals surface area contributed by atoms with Crippen molar-refractivity contribution in [2.75, 3.05) is 13.2 Å². The highest BCUT2D eigenvalue weighted by Gasteiger charge is 2.27. The van der Waals surface area contributed by atoms with Crippen LogP contribution in [0, 0.1) is 0 Å². The van der Waals surface area contributed by atoms with Crippen LogP contribution in [0.2, 0.25) is 0 Å². The third-order valence-electron chi connectivity index (χ3n) is 4.66. The number of aliphatic hydroxyl groups excluding tert-OH is 2. The number of imidazole rings is 1. The summed E-state index contributed by atoms with van der Waals surface area (Å²) in [6.07, 6.45) is 0.997. The second-order valence-electron chi connectivity index (χ2n) is 6.27. The van der Waals surface area contributed by atoms with E-state index in [0.717, 1.165) is 22.2 Å². The molecule has 0 saturated carbocycles. The van der Waals surface area contributed by atoms with Crippen LogP contribution in [0.3, 0.4) is 0 Å². The normalized spacial score (nSPS) is 16.9. The van der Waals surface area contributed by atoms with Gasteiger partial charge in [0.15, 0.2) is 0 Å². The summed E-state index contributed by atoms with van der Waals surface area (Å²) in [5, 5.41) is 19.4. The molecule has 6 heteroatoms. The average Bonchev–Trinajstić information content (AvgIpc) is 3.03. The highest BCUT2D eigenvalue weighted by molar-refractivity contribution is 5.97. The van der Waals surface area contributed by atoms with Crippen LogP contribution >= 0.6 is 0 Å².